The first-order valence-electron chi connectivity index (χ1n) is 8.24. The van der Waals surface area contributed by atoms with Crippen LogP contribution >= 0.6 is 12.4 Å². The molecule has 2 aliphatic rings. The number of nitrogens with one attached hydrogen (secondary N) is 2. The summed E-state index contributed by atoms with van der Waals surface area (Å²) in [7, 11) is 1.56. The van der Waals surface area contributed by atoms with Crippen molar-refractivity contribution in [3.8, 4) is 17.2 Å². The first-order valence-corrected chi connectivity index (χ1v) is 8.24. The van der Waals surface area contributed by atoms with Gasteiger partial charge >= 0.3 is 0 Å². The minimum Gasteiger partial charge on any atom is -0.493 e. The Morgan fingerprint density at radius 3 is 2.96 bits per heavy atom. The van der Waals surface area contributed by atoms with Crippen LogP contribution in [0.15, 0.2) is 12.1 Å². The monoisotopic (exact) mass is 356 g/mol. The highest BCUT2D eigenvalue weighted by atomic mass is 35.5. The molecule has 1 saturated heterocycles. The number of methoxy groups -OCH3 is 1. The standard InChI is InChI=1S/C17H24N2O4.ClH/c1-21-14-9-13(10-15-16(14)23-8-7-22-15)17(20)19-6-4-12-3-2-5-18-11-12;/h9-10,12,18H,2-8,11H2,1H3,(H,19,20);1H. The minimum absolute atomic E-state index is 0. The summed E-state index contributed by atoms with van der Waals surface area (Å²) < 4.78 is 16.4. The number of benzene rings is 1. The largest absolute Gasteiger partial charge is 0.493 e. The lowest BCUT2D eigenvalue weighted by Crippen LogP contribution is -2.33. The van der Waals surface area contributed by atoms with Crippen molar-refractivity contribution in [2.45, 2.75) is 19.3 Å². The molecule has 0 bridgehead atoms. The number of hydrogen-bond acceptors (Lipinski definition) is 5. The van der Waals surface area contributed by atoms with Crippen LogP contribution in [0.2, 0.25) is 0 Å². The molecule has 24 heavy (non-hydrogen) atoms. The molecule has 134 valence electrons. The zero-order chi connectivity index (χ0) is 16.1. The van der Waals surface area contributed by atoms with E-state index >= 15 is 0 Å². The highest BCUT2D eigenvalue weighted by Gasteiger charge is 2.21. The second-order valence-electron chi connectivity index (χ2n) is 5.96. The number of halogens is 1. The quantitative estimate of drug-likeness (QED) is 0.844. The average Bonchev–Trinajstić information content (AvgIpc) is 2.61. The number of ether oxygens (including phenoxy) is 3. The fourth-order valence-electron chi connectivity index (χ4n) is 3.07. The molecule has 7 heteroatoms. The molecule has 1 aromatic rings. The van der Waals surface area contributed by atoms with E-state index in [2.05, 4.69) is 10.6 Å². The Balaban J connectivity index is 0.00000208. The Morgan fingerprint density at radius 1 is 1.38 bits per heavy atom. The minimum atomic E-state index is -0.107. The zero-order valence-electron chi connectivity index (χ0n) is 13.9. The third-order valence-corrected chi connectivity index (χ3v) is 4.33. The van der Waals surface area contributed by atoms with Crippen LogP contribution in [0.3, 0.4) is 0 Å². The van der Waals surface area contributed by atoms with Crippen molar-refractivity contribution >= 4 is 18.3 Å². The van der Waals surface area contributed by atoms with E-state index in [0.29, 0.717) is 48.5 Å². The summed E-state index contributed by atoms with van der Waals surface area (Å²) in [6.45, 7) is 3.82. The molecular formula is C17H25ClN2O4. The van der Waals surface area contributed by atoms with Gasteiger partial charge in [-0.15, -0.1) is 12.4 Å². The molecule has 0 saturated carbocycles. The summed E-state index contributed by atoms with van der Waals surface area (Å²) in [5, 5.41) is 6.38. The molecule has 2 heterocycles. The number of carbonyl (C=O) groups excluding carboxylic acids is 1. The number of hydrogen-bond donors (Lipinski definition) is 2. The van der Waals surface area contributed by atoms with Gasteiger partial charge in [0, 0.05) is 12.1 Å². The van der Waals surface area contributed by atoms with Crippen LogP contribution in [0.1, 0.15) is 29.6 Å². The van der Waals surface area contributed by atoms with Gasteiger partial charge in [0.2, 0.25) is 5.75 Å². The smallest absolute Gasteiger partial charge is 0.251 e. The predicted molar refractivity (Wildman–Crippen MR) is 93.8 cm³/mol. The third kappa shape index (κ3) is 4.45. The van der Waals surface area contributed by atoms with Gasteiger partial charge in [0.15, 0.2) is 11.5 Å². The Bertz CT molecular complexity index is 545. The number of fused-ring (bicyclic) bond motifs is 1. The van der Waals surface area contributed by atoms with Gasteiger partial charge in [0.1, 0.15) is 13.2 Å². The molecule has 1 aromatic carbocycles. The SMILES string of the molecule is COc1cc(C(=O)NCCC2CCCNC2)cc2c1OCCO2.Cl. The summed E-state index contributed by atoms with van der Waals surface area (Å²) >= 11 is 0. The topological polar surface area (TPSA) is 68.8 Å². The number of rotatable bonds is 5. The van der Waals surface area contributed by atoms with E-state index in [1.165, 1.54) is 12.8 Å². The first kappa shape index (κ1) is 18.7. The summed E-state index contributed by atoms with van der Waals surface area (Å²) in [5.74, 6) is 2.22. The molecule has 2 aliphatic heterocycles. The third-order valence-electron chi connectivity index (χ3n) is 4.33. The van der Waals surface area contributed by atoms with Crippen molar-refractivity contribution in [1.29, 1.82) is 0 Å². The van der Waals surface area contributed by atoms with E-state index in [-0.39, 0.29) is 18.3 Å². The molecule has 0 aromatic heterocycles. The maximum atomic E-state index is 12.4. The lowest BCUT2D eigenvalue weighted by molar-refractivity contribution is 0.0948. The molecule has 0 radical (unpaired) electrons. The number of piperidine rings is 1. The maximum absolute atomic E-state index is 12.4. The molecule has 1 fully saturated rings. The highest BCUT2D eigenvalue weighted by molar-refractivity contribution is 5.95. The van der Waals surface area contributed by atoms with Crippen LogP contribution in [-0.4, -0.2) is 45.9 Å². The van der Waals surface area contributed by atoms with Crippen molar-refractivity contribution in [2.75, 3.05) is 40.0 Å². The van der Waals surface area contributed by atoms with Gasteiger partial charge in [-0.25, -0.2) is 0 Å². The van der Waals surface area contributed by atoms with E-state index in [0.717, 1.165) is 19.5 Å². The Labute approximate surface area is 148 Å². The van der Waals surface area contributed by atoms with E-state index in [4.69, 9.17) is 14.2 Å². The molecule has 6 nitrogen and oxygen atoms in total. The molecule has 1 unspecified atom stereocenters. The summed E-state index contributed by atoms with van der Waals surface area (Å²) in [6.07, 6.45) is 3.46. The van der Waals surface area contributed by atoms with E-state index in [1.807, 2.05) is 0 Å². The molecule has 2 N–H and O–H groups in total. The van der Waals surface area contributed by atoms with Crippen LogP contribution in [0.25, 0.3) is 0 Å². The predicted octanol–water partition coefficient (Wildman–Crippen LogP) is 2.01. The lowest BCUT2D eigenvalue weighted by atomic mass is 9.96. The first-order chi connectivity index (χ1) is 11.3. The Hall–Kier alpha value is -1.66. The number of amides is 1. The van der Waals surface area contributed by atoms with Crippen LogP contribution in [0.5, 0.6) is 17.2 Å². The summed E-state index contributed by atoms with van der Waals surface area (Å²) in [5.41, 5.74) is 0.535. The van der Waals surface area contributed by atoms with Crippen molar-refractivity contribution in [1.82, 2.24) is 10.6 Å². The second kappa shape index (κ2) is 8.99. The fourth-order valence-corrected chi connectivity index (χ4v) is 3.07. The highest BCUT2D eigenvalue weighted by Crippen LogP contribution is 2.40. The molecular weight excluding hydrogens is 332 g/mol. The van der Waals surface area contributed by atoms with Crippen LogP contribution in [-0.2, 0) is 0 Å². The fraction of sp³-hybridized carbons (Fsp3) is 0.588. The number of carbonyl (C=O) groups is 1. The van der Waals surface area contributed by atoms with Crippen LogP contribution in [0, 0.1) is 5.92 Å². The molecule has 3 rings (SSSR count). The van der Waals surface area contributed by atoms with Crippen molar-refractivity contribution < 1.29 is 19.0 Å². The normalized spacial score (nSPS) is 19.1. The van der Waals surface area contributed by atoms with Crippen LogP contribution in [0.4, 0.5) is 0 Å². The lowest BCUT2D eigenvalue weighted by Gasteiger charge is -2.23. The van der Waals surface area contributed by atoms with E-state index < -0.39 is 0 Å². The van der Waals surface area contributed by atoms with E-state index in [1.54, 1.807) is 19.2 Å². The van der Waals surface area contributed by atoms with E-state index in [9.17, 15) is 4.79 Å². The van der Waals surface area contributed by atoms with Gasteiger partial charge in [0.25, 0.3) is 5.91 Å². The average molecular weight is 357 g/mol. The molecule has 1 amide bonds. The van der Waals surface area contributed by atoms with Crippen molar-refractivity contribution in [2.24, 2.45) is 5.92 Å². The van der Waals surface area contributed by atoms with Gasteiger partial charge in [-0.1, -0.05) is 0 Å². The van der Waals surface area contributed by atoms with Crippen LogP contribution < -0.4 is 24.8 Å². The molecule has 0 spiro atoms. The van der Waals surface area contributed by atoms with Crippen molar-refractivity contribution in [3.05, 3.63) is 17.7 Å². The van der Waals surface area contributed by atoms with Gasteiger partial charge in [-0.2, -0.15) is 0 Å². The Kier molecular flexibility index (Phi) is 6.99. The summed E-state index contributed by atoms with van der Waals surface area (Å²) in [6, 6.07) is 3.42. The molecule has 0 aliphatic carbocycles. The van der Waals surface area contributed by atoms with Gasteiger partial charge in [0.05, 0.1) is 7.11 Å². The van der Waals surface area contributed by atoms with Gasteiger partial charge in [-0.3, -0.25) is 4.79 Å². The second-order valence-corrected chi connectivity index (χ2v) is 5.96. The zero-order valence-corrected chi connectivity index (χ0v) is 14.7. The maximum Gasteiger partial charge on any atom is 0.251 e. The van der Waals surface area contributed by atoms with Gasteiger partial charge in [-0.05, 0) is 50.4 Å². The van der Waals surface area contributed by atoms with Crippen molar-refractivity contribution in [3.63, 3.8) is 0 Å². The molecule has 1 atom stereocenters. The Morgan fingerprint density at radius 2 is 2.21 bits per heavy atom. The van der Waals surface area contributed by atoms with Gasteiger partial charge < -0.3 is 24.8 Å². The summed E-state index contributed by atoms with van der Waals surface area (Å²) in [4.78, 5) is 12.4.